The van der Waals surface area contributed by atoms with E-state index in [1.807, 2.05) is 0 Å². The average molecular weight is 361 g/mol. The summed E-state index contributed by atoms with van der Waals surface area (Å²) in [6.45, 7) is 2.09. The van der Waals surface area contributed by atoms with Crippen molar-refractivity contribution in [3.05, 3.63) is 53.1 Å². The first kappa shape index (κ1) is 16.3. The fraction of sp³-hybridized carbons (Fsp3) is 0.389. The van der Waals surface area contributed by atoms with Crippen LogP contribution in [0.3, 0.4) is 0 Å². The number of carbonyl (C=O) groups is 1. The van der Waals surface area contributed by atoms with Crippen LogP contribution in [0.25, 0.3) is 0 Å². The van der Waals surface area contributed by atoms with Gasteiger partial charge in [0, 0.05) is 43.1 Å². The highest BCUT2D eigenvalue weighted by Crippen LogP contribution is 2.31. The van der Waals surface area contributed by atoms with Crippen LogP contribution in [0.2, 0.25) is 5.02 Å². The lowest BCUT2D eigenvalue weighted by atomic mass is 9.94. The van der Waals surface area contributed by atoms with Gasteiger partial charge in [-0.15, -0.1) is 0 Å². The van der Waals surface area contributed by atoms with Crippen LogP contribution in [-0.2, 0) is 0 Å². The van der Waals surface area contributed by atoms with Crippen LogP contribution < -0.4 is 4.90 Å². The van der Waals surface area contributed by atoms with Crippen molar-refractivity contribution < 1.29 is 9.18 Å². The quantitative estimate of drug-likeness (QED) is 0.826. The second-order valence-corrected chi connectivity index (χ2v) is 7.07. The van der Waals surface area contributed by atoms with E-state index in [1.54, 1.807) is 23.4 Å². The zero-order valence-corrected chi connectivity index (χ0v) is 14.4. The predicted molar refractivity (Wildman–Crippen MR) is 93.2 cm³/mol. The minimum absolute atomic E-state index is 0.0217. The molecule has 0 saturated carbocycles. The molecule has 1 amide bonds. The fourth-order valence-corrected chi connectivity index (χ4v) is 3.94. The fourth-order valence-electron chi connectivity index (χ4n) is 3.76. The van der Waals surface area contributed by atoms with Crippen molar-refractivity contribution in [1.82, 2.24) is 14.9 Å². The number of nitrogens with zero attached hydrogens (tertiary/aromatic N) is 4. The number of aromatic nitrogens is 2. The first-order chi connectivity index (χ1) is 12.1. The third-order valence-electron chi connectivity index (χ3n) is 4.97. The first-order valence-corrected chi connectivity index (χ1v) is 8.77. The maximum Gasteiger partial charge on any atom is 0.257 e. The molecule has 2 unspecified atom stereocenters. The number of carbonyl (C=O) groups excluding carboxylic acids is 1. The Morgan fingerprint density at radius 2 is 1.96 bits per heavy atom. The monoisotopic (exact) mass is 360 g/mol. The Hall–Kier alpha value is -2.21. The average Bonchev–Trinajstić information content (AvgIpc) is 2.96. The Labute approximate surface area is 150 Å². The SMILES string of the molecule is O=C(c1cc(Cl)ccc1F)N1CC2CCC1CN(c1ncccn1)C2. The lowest BCUT2D eigenvalue weighted by Crippen LogP contribution is -2.47. The maximum atomic E-state index is 14.1. The number of rotatable bonds is 2. The molecule has 3 aliphatic heterocycles. The number of piperidine rings is 1. The summed E-state index contributed by atoms with van der Waals surface area (Å²) in [5, 5.41) is 0.365. The van der Waals surface area contributed by atoms with Gasteiger partial charge in [-0.3, -0.25) is 4.79 Å². The van der Waals surface area contributed by atoms with Crippen LogP contribution in [-0.4, -0.2) is 46.5 Å². The molecule has 5 rings (SSSR count). The third kappa shape index (κ3) is 3.18. The van der Waals surface area contributed by atoms with E-state index in [9.17, 15) is 9.18 Å². The number of anilines is 1. The van der Waals surface area contributed by atoms with E-state index in [1.165, 1.54) is 18.2 Å². The number of hydrogen-bond acceptors (Lipinski definition) is 4. The van der Waals surface area contributed by atoms with E-state index in [-0.39, 0.29) is 17.5 Å². The van der Waals surface area contributed by atoms with Gasteiger partial charge in [0.25, 0.3) is 5.91 Å². The smallest absolute Gasteiger partial charge is 0.257 e. The van der Waals surface area contributed by atoms with Crippen LogP contribution in [0.4, 0.5) is 10.3 Å². The van der Waals surface area contributed by atoms with Gasteiger partial charge in [-0.05, 0) is 43.0 Å². The summed E-state index contributed by atoms with van der Waals surface area (Å²) in [4.78, 5) is 25.5. The molecule has 7 heteroatoms. The molecule has 3 aliphatic rings. The zero-order chi connectivity index (χ0) is 17.4. The molecule has 1 aromatic carbocycles. The van der Waals surface area contributed by atoms with Gasteiger partial charge in [-0.25, -0.2) is 14.4 Å². The Kier molecular flexibility index (Phi) is 4.29. The van der Waals surface area contributed by atoms with Crippen molar-refractivity contribution in [2.45, 2.75) is 18.9 Å². The summed E-state index contributed by atoms with van der Waals surface area (Å²) in [5.41, 5.74) is 0.0440. The van der Waals surface area contributed by atoms with Gasteiger partial charge in [0.15, 0.2) is 0 Å². The van der Waals surface area contributed by atoms with Crippen LogP contribution in [0.1, 0.15) is 23.2 Å². The summed E-state index contributed by atoms with van der Waals surface area (Å²) in [6, 6.07) is 5.92. The number of fused-ring (bicyclic) bond motifs is 4. The van der Waals surface area contributed by atoms with Crippen molar-refractivity contribution in [3.8, 4) is 0 Å². The highest BCUT2D eigenvalue weighted by Gasteiger charge is 2.38. The minimum atomic E-state index is -0.530. The lowest BCUT2D eigenvalue weighted by Gasteiger charge is -2.36. The molecule has 0 radical (unpaired) electrons. The molecular weight excluding hydrogens is 343 g/mol. The Morgan fingerprint density at radius 3 is 2.76 bits per heavy atom. The third-order valence-corrected chi connectivity index (χ3v) is 5.20. The van der Waals surface area contributed by atoms with Gasteiger partial charge in [0.2, 0.25) is 5.95 Å². The molecule has 2 aromatic rings. The van der Waals surface area contributed by atoms with Gasteiger partial charge in [-0.1, -0.05) is 11.6 Å². The Balaban J connectivity index is 1.60. The Morgan fingerprint density at radius 1 is 1.16 bits per heavy atom. The van der Waals surface area contributed by atoms with E-state index in [2.05, 4.69) is 14.9 Å². The van der Waals surface area contributed by atoms with Gasteiger partial charge >= 0.3 is 0 Å². The van der Waals surface area contributed by atoms with Gasteiger partial charge in [0.05, 0.1) is 5.56 Å². The van der Waals surface area contributed by atoms with Crippen molar-refractivity contribution in [2.75, 3.05) is 24.5 Å². The van der Waals surface area contributed by atoms with E-state index >= 15 is 0 Å². The molecule has 2 atom stereocenters. The van der Waals surface area contributed by atoms with E-state index in [4.69, 9.17) is 11.6 Å². The molecule has 0 N–H and O–H groups in total. The topological polar surface area (TPSA) is 49.3 Å². The molecule has 0 aliphatic carbocycles. The molecule has 0 spiro atoms. The van der Waals surface area contributed by atoms with E-state index in [0.29, 0.717) is 30.0 Å². The number of halogens is 2. The highest BCUT2D eigenvalue weighted by atomic mass is 35.5. The van der Waals surface area contributed by atoms with Gasteiger partial charge in [-0.2, -0.15) is 0 Å². The van der Waals surface area contributed by atoms with Crippen molar-refractivity contribution >= 4 is 23.5 Å². The largest absolute Gasteiger partial charge is 0.338 e. The van der Waals surface area contributed by atoms with Crippen molar-refractivity contribution in [1.29, 1.82) is 0 Å². The highest BCUT2D eigenvalue weighted by molar-refractivity contribution is 6.31. The van der Waals surface area contributed by atoms with Gasteiger partial charge in [0.1, 0.15) is 5.82 Å². The second-order valence-electron chi connectivity index (χ2n) is 6.63. The number of hydrogen-bond donors (Lipinski definition) is 0. The van der Waals surface area contributed by atoms with Gasteiger partial charge < -0.3 is 9.80 Å². The zero-order valence-electron chi connectivity index (χ0n) is 13.6. The molecule has 130 valence electrons. The number of amides is 1. The van der Waals surface area contributed by atoms with Crippen molar-refractivity contribution in [2.24, 2.45) is 5.92 Å². The molecule has 2 bridgehead atoms. The summed E-state index contributed by atoms with van der Waals surface area (Å²) < 4.78 is 14.1. The predicted octanol–water partition coefficient (Wildman–Crippen LogP) is 3.01. The van der Waals surface area contributed by atoms with Crippen LogP contribution in [0.5, 0.6) is 0 Å². The van der Waals surface area contributed by atoms with E-state index in [0.717, 1.165) is 19.4 Å². The first-order valence-electron chi connectivity index (χ1n) is 8.40. The summed E-state index contributed by atoms with van der Waals surface area (Å²) >= 11 is 5.95. The molecule has 5 nitrogen and oxygen atoms in total. The Bertz CT molecular complexity index is 788. The molecule has 3 saturated heterocycles. The number of benzene rings is 1. The maximum absolute atomic E-state index is 14.1. The molecular formula is C18H18ClFN4O. The van der Waals surface area contributed by atoms with Crippen molar-refractivity contribution in [3.63, 3.8) is 0 Å². The minimum Gasteiger partial charge on any atom is -0.338 e. The van der Waals surface area contributed by atoms with Crippen LogP contribution >= 0.6 is 11.6 Å². The second kappa shape index (κ2) is 6.59. The summed E-state index contributed by atoms with van der Waals surface area (Å²) in [5.74, 6) is 0.194. The lowest BCUT2D eigenvalue weighted by molar-refractivity contribution is 0.0587. The molecule has 3 fully saturated rings. The molecule has 1 aromatic heterocycles. The normalized spacial score (nSPS) is 22.8. The summed E-state index contributed by atoms with van der Waals surface area (Å²) in [7, 11) is 0. The standard InChI is InChI=1S/C18H18ClFN4O/c19-13-3-5-16(20)15(8-13)17(25)24-10-12-2-4-14(24)11-23(9-12)18-21-6-1-7-22-18/h1,3,5-8,12,14H,2,4,9-11H2. The van der Waals surface area contributed by atoms with Crippen LogP contribution in [0.15, 0.2) is 36.7 Å². The van der Waals surface area contributed by atoms with E-state index < -0.39 is 5.82 Å². The van der Waals surface area contributed by atoms with Crippen LogP contribution in [0, 0.1) is 11.7 Å². The molecule has 4 heterocycles. The summed E-state index contributed by atoms with van der Waals surface area (Å²) in [6.07, 6.45) is 5.40. The molecule has 25 heavy (non-hydrogen) atoms.